The molecule has 1 fully saturated rings. The molecule has 0 aromatic heterocycles. The Bertz CT molecular complexity index is 838. The number of rotatable bonds is 8. The molecular formula is C20H25ClN4O5. The van der Waals surface area contributed by atoms with Crippen LogP contribution in [0.1, 0.15) is 13.8 Å². The fourth-order valence-electron chi connectivity index (χ4n) is 3.54. The van der Waals surface area contributed by atoms with Crippen molar-refractivity contribution >= 4 is 35.1 Å². The van der Waals surface area contributed by atoms with E-state index in [-0.39, 0.29) is 6.54 Å². The van der Waals surface area contributed by atoms with Crippen molar-refractivity contribution < 1.29 is 23.9 Å². The largest absolute Gasteiger partial charge is 0.366 e. The van der Waals surface area contributed by atoms with Crippen LogP contribution in [0.25, 0.3) is 0 Å². The van der Waals surface area contributed by atoms with E-state index in [2.05, 4.69) is 10.6 Å². The molecule has 1 saturated heterocycles. The lowest BCUT2D eigenvalue weighted by Gasteiger charge is -2.37. The van der Waals surface area contributed by atoms with Crippen molar-refractivity contribution in [1.29, 1.82) is 0 Å². The van der Waals surface area contributed by atoms with Gasteiger partial charge in [-0.1, -0.05) is 11.6 Å². The number of benzene rings is 1. The number of imide groups is 1. The number of hydrogen-bond acceptors (Lipinski definition) is 6. The van der Waals surface area contributed by atoms with Gasteiger partial charge in [0.2, 0.25) is 0 Å². The Balaban J connectivity index is 1.72. The number of fused-ring (bicyclic) bond motifs is 1. The van der Waals surface area contributed by atoms with Crippen LogP contribution >= 0.6 is 11.6 Å². The zero-order chi connectivity index (χ0) is 21.8. The van der Waals surface area contributed by atoms with Crippen molar-refractivity contribution in [2.75, 3.05) is 31.7 Å². The number of amides is 4. The third-order valence-electron chi connectivity index (χ3n) is 4.87. The molecule has 0 radical (unpaired) electrons. The number of hydrogen-bond donors (Lipinski definition) is 2. The molecule has 0 aliphatic carbocycles. The van der Waals surface area contributed by atoms with E-state index in [9.17, 15) is 14.4 Å². The van der Waals surface area contributed by atoms with Crippen LogP contribution in [0.2, 0.25) is 5.02 Å². The van der Waals surface area contributed by atoms with Crippen molar-refractivity contribution in [2.24, 2.45) is 0 Å². The number of nitrogens with zero attached hydrogens (tertiary/aromatic N) is 2. The fourth-order valence-corrected chi connectivity index (χ4v) is 3.66. The summed E-state index contributed by atoms with van der Waals surface area (Å²) in [6.45, 7) is 4.71. The number of halogens is 1. The minimum atomic E-state index is -0.754. The highest BCUT2D eigenvalue weighted by atomic mass is 35.5. The second-order valence-corrected chi connectivity index (χ2v) is 7.26. The van der Waals surface area contributed by atoms with Crippen molar-refractivity contribution in [1.82, 2.24) is 15.5 Å². The maximum atomic E-state index is 13.1. The molecule has 1 aromatic carbocycles. The Hall–Kier alpha value is -2.62. The van der Waals surface area contributed by atoms with Crippen molar-refractivity contribution in [3.05, 3.63) is 41.1 Å². The van der Waals surface area contributed by atoms with E-state index in [0.29, 0.717) is 29.5 Å². The molecule has 4 amide bonds. The van der Waals surface area contributed by atoms with Gasteiger partial charge in [0.1, 0.15) is 6.04 Å². The number of carbonyl (C=O) groups is 3. The van der Waals surface area contributed by atoms with Crippen molar-refractivity contribution in [2.45, 2.75) is 32.2 Å². The summed E-state index contributed by atoms with van der Waals surface area (Å²) >= 11 is 5.90. The Labute approximate surface area is 179 Å². The lowest BCUT2D eigenvalue weighted by atomic mass is 9.99. The Morgan fingerprint density at radius 2 is 1.83 bits per heavy atom. The zero-order valence-electron chi connectivity index (χ0n) is 17.1. The number of anilines is 1. The van der Waals surface area contributed by atoms with Gasteiger partial charge in [-0.3, -0.25) is 9.59 Å². The Morgan fingerprint density at radius 3 is 2.43 bits per heavy atom. The summed E-state index contributed by atoms with van der Waals surface area (Å²) in [7, 11) is 1.69. The second kappa shape index (κ2) is 9.46. The summed E-state index contributed by atoms with van der Waals surface area (Å²) in [6.07, 6.45) is 1.01. The summed E-state index contributed by atoms with van der Waals surface area (Å²) < 4.78 is 10.8. The molecule has 3 rings (SSSR count). The molecular weight excluding hydrogens is 412 g/mol. The van der Waals surface area contributed by atoms with Gasteiger partial charge < -0.3 is 25.0 Å². The SMILES string of the molecule is CCOC(CNC(=O)C1=CN(C)C2C(=O)N(c3ccc(Cl)cc3)C(=O)NC12)OCC. The molecule has 2 unspecified atom stereocenters. The van der Waals surface area contributed by atoms with Gasteiger partial charge in [0.25, 0.3) is 11.8 Å². The fraction of sp³-hybridized carbons (Fsp3) is 0.450. The lowest BCUT2D eigenvalue weighted by molar-refractivity contribution is -0.139. The number of carbonyl (C=O) groups excluding carboxylic acids is 3. The van der Waals surface area contributed by atoms with E-state index < -0.39 is 36.2 Å². The molecule has 1 aromatic rings. The second-order valence-electron chi connectivity index (χ2n) is 6.82. The minimum Gasteiger partial charge on any atom is -0.366 e. The van der Waals surface area contributed by atoms with Crippen LogP contribution in [-0.4, -0.2) is 67.9 Å². The first-order valence-corrected chi connectivity index (χ1v) is 10.1. The number of ether oxygens (including phenoxy) is 2. The Kier molecular flexibility index (Phi) is 6.96. The third kappa shape index (κ3) is 4.43. The van der Waals surface area contributed by atoms with Crippen LogP contribution in [0.3, 0.4) is 0 Å². The maximum absolute atomic E-state index is 13.1. The summed E-state index contributed by atoms with van der Waals surface area (Å²) in [6, 6.07) is 4.32. The van der Waals surface area contributed by atoms with Gasteiger partial charge >= 0.3 is 6.03 Å². The smallest absolute Gasteiger partial charge is 0.329 e. The third-order valence-corrected chi connectivity index (χ3v) is 5.12. The molecule has 10 heteroatoms. The van der Waals surface area contributed by atoms with Gasteiger partial charge in [0.05, 0.1) is 23.8 Å². The molecule has 0 bridgehead atoms. The predicted octanol–water partition coefficient (Wildman–Crippen LogP) is 1.48. The monoisotopic (exact) mass is 436 g/mol. The van der Waals surface area contributed by atoms with Crippen LogP contribution in [0.5, 0.6) is 0 Å². The van der Waals surface area contributed by atoms with E-state index in [1.165, 1.54) is 0 Å². The lowest BCUT2D eigenvalue weighted by Crippen LogP contribution is -2.65. The van der Waals surface area contributed by atoms with Crippen LogP contribution < -0.4 is 15.5 Å². The normalized spacial score (nSPS) is 20.9. The molecule has 0 spiro atoms. The van der Waals surface area contributed by atoms with E-state index in [4.69, 9.17) is 21.1 Å². The van der Waals surface area contributed by atoms with E-state index in [1.807, 2.05) is 13.8 Å². The first-order valence-electron chi connectivity index (χ1n) is 9.72. The van der Waals surface area contributed by atoms with E-state index in [1.54, 1.807) is 42.4 Å². The molecule has 2 heterocycles. The standard InChI is InChI=1S/C20H25ClN4O5/c1-4-29-15(30-5-2)10-22-18(26)14-11-24(3)17-16(14)23-20(28)25(19(17)27)13-8-6-12(21)7-9-13/h6-9,11,15-17H,4-5,10H2,1-3H3,(H,22,26)(H,23,28). The number of nitrogens with one attached hydrogen (secondary N) is 2. The van der Waals surface area contributed by atoms with Gasteiger partial charge in [0, 0.05) is 31.5 Å². The quantitative estimate of drug-likeness (QED) is 0.599. The molecule has 30 heavy (non-hydrogen) atoms. The summed E-state index contributed by atoms with van der Waals surface area (Å²) in [4.78, 5) is 41.2. The van der Waals surface area contributed by atoms with E-state index >= 15 is 0 Å². The summed E-state index contributed by atoms with van der Waals surface area (Å²) in [5.41, 5.74) is 0.703. The average Bonchev–Trinajstić information content (AvgIpc) is 3.04. The maximum Gasteiger partial charge on any atom is 0.329 e. The van der Waals surface area contributed by atoms with Gasteiger partial charge in [-0.05, 0) is 38.1 Å². The Morgan fingerprint density at radius 1 is 1.20 bits per heavy atom. The topological polar surface area (TPSA) is 100 Å². The van der Waals surface area contributed by atoms with Crippen LogP contribution in [0.15, 0.2) is 36.0 Å². The number of urea groups is 1. The molecule has 2 aliphatic rings. The van der Waals surface area contributed by atoms with Gasteiger partial charge in [-0.15, -0.1) is 0 Å². The first-order chi connectivity index (χ1) is 14.4. The van der Waals surface area contributed by atoms with Crippen molar-refractivity contribution in [3.8, 4) is 0 Å². The van der Waals surface area contributed by atoms with Gasteiger partial charge in [-0.2, -0.15) is 0 Å². The molecule has 0 saturated carbocycles. The molecule has 162 valence electrons. The molecule has 9 nitrogen and oxygen atoms in total. The molecule has 2 aliphatic heterocycles. The van der Waals surface area contributed by atoms with Crippen molar-refractivity contribution in [3.63, 3.8) is 0 Å². The van der Waals surface area contributed by atoms with Crippen LogP contribution in [-0.2, 0) is 19.1 Å². The predicted molar refractivity (Wildman–Crippen MR) is 111 cm³/mol. The highest BCUT2D eigenvalue weighted by Gasteiger charge is 2.49. The summed E-state index contributed by atoms with van der Waals surface area (Å²) in [5.74, 6) is -0.819. The summed E-state index contributed by atoms with van der Waals surface area (Å²) in [5, 5.41) is 6.02. The van der Waals surface area contributed by atoms with Gasteiger partial charge in [-0.25, -0.2) is 9.69 Å². The number of likely N-dealkylation sites (N-methyl/N-ethyl adjacent to an activating group) is 1. The molecule has 2 atom stereocenters. The highest BCUT2D eigenvalue weighted by molar-refractivity contribution is 6.30. The zero-order valence-corrected chi connectivity index (χ0v) is 17.8. The first kappa shape index (κ1) is 22.1. The van der Waals surface area contributed by atoms with Crippen LogP contribution in [0, 0.1) is 0 Å². The average molecular weight is 437 g/mol. The highest BCUT2D eigenvalue weighted by Crippen LogP contribution is 2.29. The molecule has 2 N–H and O–H groups in total. The van der Waals surface area contributed by atoms with Gasteiger partial charge in [0.15, 0.2) is 6.29 Å². The minimum absolute atomic E-state index is 0.151. The van der Waals surface area contributed by atoms with Crippen LogP contribution in [0.4, 0.5) is 10.5 Å². The van der Waals surface area contributed by atoms with E-state index in [0.717, 1.165) is 4.90 Å².